The van der Waals surface area contributed by atoms with E-state index < -0.39 is 0 Å². The van der Waals surface area contributed by atoms with E-state index in [9.17, 15) is 4.79 Å². The number of aldehydes is 1. The molecular weight excluding hydrogens is 142 g/mol. The van der Waals surface area contributed by atoms with Gasteiger partial charge in [0.2, 0.25) is 0 Å². The van der Waals surface area contributed by atoms with Gasteiger partial charge in [0.1, 0.15) is 5.82 Å². The first-order valence-corrected chi connectivity index (χ1v) is 3.04. The minimum Gasteiger partial charge on any atom is -0.336 e. The van der Waals surface area contributed by atoms with Crippen molar-refractivity contribution in [3.63, 3.8) is 0 Å². The van der Waals surface area contributed by atoms with Crippen molar-refractivity contribution in [2.24, 2.45) is 0 Å². The lowest BCUT2D eigenvalue weighted by molar-refractivity contribution is 0.111. The third-order valence-corrected chi connectivity index (χ3v) is 1.09. The van der Waals surface area contributed by atoms with Gasteiger partial charge < -0.3 is 10.4 Å². The van der Waals surface area contributed by atoms with Gasteiger partial charge in [0.05, 0.1) is 11.9 Å². The quantitative estimate of drug-likeness (QED) is 0.494. The largest absolute Gasteiger partial charge is 0.336 e. The third-order valence-electron chi connectivity index (χ3n) is 1.09. The molecule has 0 bridgehead atoms. The van der Waals surface area contributed by atoms with Crippen LogP contribution < -0.4 is 0 Å². The number of carbonyl (C=O) groups is 1. The van der Waals surface area contributed by atoms with Crippen molar-refractivity contribution in [2.45, 2.75) is 0 Å². The Hall–Kier alpha value is -1.71. The molecule has 0 aliphatic carbocycles. The molecule has 0 aromatic carbocycles. The summed E-state index contributed by atoms with van der Waals surface area (Å²) in [4.78, 5) is 16.7. The van der Waals surface area contributed by atoms with Gasteiger partial charge in [-0.05, 0) is 12.2 Å². The summed E-state index contributed by atoms with van der Waals surface area (Å²) >= 11 is 0. The van der Waals surface area contributed by atoms with Crippen molar-refractivity contribution >= 4 is 18.6 Å². The molecule has 1 aromatic rings. The van der Waals surface area contributed by atoms with E-state index in [0.717, 1.165) is 6.21 Å². The van der Waals surface area contributed by atoms with E-state index in [2.05, 4.69) is 9.97 Å². The fraction of sp³-hybridized carbons (Fsp3) is 0. The van der Waals surface area contributed by atoms with Crippen molar-refractivity contribution in [3.8, 4) is 0 Å². The van der Waals surface area contributed by atoms with Gasteiger partial charge in [-0.2, -0.15) is 0 Å². The molecule has 0 atom stereocenters. The summed E-state index contributed by atoms with van der Waals surface area (Å²) in [5, 5.41) is 6.68. The Kier molecular flexibility index (Phi) is 2.32. The third kappa shape index (κ3) is 1.86. The minimum atomic E-state index is 0.439. The van der Waals surface area contributed by atoms with Gasteiger partial charge in [0, 0.05) is 6.21 Å². The molecule has 0 fully saturated rings. The van der Waals surface area contributed by atoms with Crippen LogP contribution in [0, 0.1) is 5.41 Å². The van der Waals surface area contributed by atoms with Gasteiger partial charge in [-0.1, -0.05) is 0 Å². The average molecular weight is 149 g/mol. The summed E-state index contributed by atoms with van der Waals surface area (Å²) in [6.45, 7) is 0. The monoisotopic (exact) mass is 149 g/mol. The standard InChI is InChI=1S/C7H7N3O/c8-3-1-2-7-9-4-6(5-11)10-7/h1-5,8H,(H,9,10)/b2-1-,8-3?. The molecule has 0 unspecified atom stereocenters. The van der Waals surface area contributed by atoms with E-state index in [1.807, 2.05) is 0 Å². The topological polar surface area (TPSA) is 69.6 Å². The molecule has 4 heteroatoms. The molecule has 1 rings (SSSR count). The summed E-state index contributed by atoms with van der Waals surface area (Å²) in [6.07, 6.45) is 6.40. The molecule has 0 spiro atoms. The second-order valence-corrected chi connectivity index (χ2v) is 1.87. The maximum Gasteiger partial charge on any atom is 0.167 e. The van der Waals surface area contributed by atoms with Crippen molar-refractivity contribution < 1.29 is 4.79 Å². The van der Waals surface area contributed by atoms with Crippen molar-refractivity contribution in [1.29, 1.82) is 5.41 Å². The maximum absolute atomic E-state index is 10.2. The summed E-state index contributed by atoms with van der Waals surface area (Å²) < 4.78 is 0. The van der Waals surface area contributed by atoms with Crippen LogP contribution in [0.4, 0.5) is 0 Å². The highest BCUT2D eigenvalue weighted by Crippen LogP contribution is 1.95. The van der Waals surface area contributed by atoms with Gasteiger partial charge >= 0.3 is 0 Å². The first kappa shape index (κ1) is 7.40. The number of nitrogens with zero attached hydrogens (tertiary/aromatic N) is 1. The lowest BCUT2D eigenvalue weighted by Crippen LogP contribution is -1.77. The maximum atomic E-state index is 10.2. The molecule has 0 amide bonds. The highest BCUT2D eigenvalue weighted by Gasteiger charge is 1.92. The van der Waals surface area contributed by atoms with E-state index >= 15 is 0 Å². The number of nitrogens with one attached hydrogen (secondary N) is 2. The molecule has 4 nitrogen and oxygen atoms in total. The van der Waals surface area contributed by atoms with Gasteiger partial charge in [-0.3, -0.25) is 4.79 Å². The Morgan fingerprint density at radius 2 is 2.45 bits per heavy atom. The predicted molar refractivity (Wildman–Crippen MR) is 41.8 cm³/mol. The first-order valence-electron chi connectivity index (χ1n) is 3.04. The number of allylic oxidation sites excluding steroid dienone is 1. The van der Waals surface area contributed by atoms with E-state index in [4.69, 9.17) is 5.41 Å². The van der Waals surface area contributed by atoms with Gasteiger partial charge in [0.15, 0.2) is 6.29 Å². The van der Waals surface area contributed by atoms with Crippen LogP contribution >= 0.6 is 0 Å². The zero-order chi connectivity index (χ0) is 8.10. The lowest BCUT2D eigenvalue weighted by atomic mass is 10.5. The van der Waals surface area contributed by atoms with E-state index in [-0.39, 0.29) is 0 Å². The molecule has 56 valence electrons. The molecule has 0 aliphatic rings. The molecule has 11 heavy (non-hydrogen) atoms. The van der Waals surface area contributed by atoms with Gasteiger partial charge in [-0.25, -0.2) is 4.98 Å². The van der Waals surface area contributed by atoms with Crippen LogP contribution in [0.2, 0.25) is 0 Å². The lowest BCUT2D eigenvalue weighted by Gasteiger charge is -1.79. The molecule has 1 aromatic heterocycles. The number of imidazole rings is 1. The zero-order valence-corrected chi connectivity index (χ0v) is 5.74. The highest BCUT2D eigenvalue weighted by molar-refractivity contribution is 5.76. The molecular formula is C7H7N3O. The van der Waals surface area contributed by atoms with E-state index in [1.165, 1.54) is 12.3 Å². The Balaban J connectivity index is 2.80. The minimum absolute atomic E-state index is 0.439. The fourth-order valence-corrected chi connectivity index (χ4v) is 0.635. The Bertz CT molecular complexity index is 288. The number of hydrogen-bond acceptors (Lipinski definition) is 3. The smallest absolute Gasteiger partial charge is 0.167 e. The fourth-order valence-electron chi connectivity index (χ4n) is 0.635. The second kappa shape index (κ2) is 3.46. The number of carbonyl (C=O) groups excluding carboxylic acids is 1. The molecule has 0 radical (unpaired) electrons. The molecule has 0 saturated carbocycles. The van der Waals surface area contributed by atoms with Crippen molar-refractivity contribution in [2.75, 3.05) is 0 Å². The van der Waals surface area contributed by atoms with Crippen molar-refractivity contribution in [3.05, 3.63) is 23.8 Å². The summed E-state index contributed by atoms with van der Waals surface area (Å²) in [7, 11) is 0. The van der Waals surface area contributed by atoms with Crippen molar-refractivity contribution in [1.82, 2.24) is 9.97 Å². The zero-order valence-electron chi connectivity index (χ0n) is 5.74. The van der Waals surface area contributed by atoms with Gasteiger partial charge in [-0.15, -0.1) is 0 Å². The molecule has 2 N–H and O–H groups in total. The Morgan fingerprint density at radius 3 is 3.00 bits per heavy atom. The Labute approximate surface area is 63.5 Å². The summed E-state index contributed by atoms with van der Waals surface area (Å²) in [6, 6.07) is 0. The molecule has 0 saturated heterocycles. The second-order valence-electron chi connectivity index (χ2n) is 1.87. The van der Waals surface area contributed by atoms with Crippen LogP contribution in [-0.2, 0) is 0 Å². The van der Waals surface area contributed by atoms with E-state index in [0.29, 0.717) is 17.8 Å². The Morgan fingerprint density at radius 1 is 1.64 bits per heavy atom. The SMILES string of the molecule is N=C/C=C\c1ncc(C=O)[nH]1. The van der Waals surface area contributed by atoms with Crippen LogP contribution in [0.1, 0.15) is 16.3 Å². The van der Waals surface area contributed by atoms with Gasteiger partial charge in [0.25, 0.3) is 0 Å². The number of hydrogen-bond donors (Lipinski definition) is 2. The number of aromatic nitrogens is 2. The van der Waals surface area contributed by atoms with Crippen LogP contribution in [0.25, 0.3) is 6.08 Å². The van der Waals surface area contributed by atoms with Crippen LogP contribution in [-0.4, -0.2) is 22.5 Å². The van der Waals surface area contributed by atoms with Crippen LogP contribution in [0.5, 0.6) is 0 Å². The molecule has 1 heterocycles. The van der Waals surface area contributed by atoms with Crippen LogP contribution in [0.15, 0.2) is 12.3 Å². The predicted octanol–water partition coefficient (Wildman–Crippen LogP) is 0.885. The summed E-state index contributed by atoms with van der Waals surface area (Å²) in [5.41, 5.74) is 0.439. The average Bonchev–Trinajstić information content (AvgIpc) is 2.48. The number of aromatic amines is 1. The van der Waals surface area contributed by atoms with E-state index in [1.54, 1.807) is 6.08 Å². The highest BCUT2D eigenvalue weighted by atomic mass is 16.1. The first-order chi connectivity index (χ1) is 5.36. The van der Waals surface area contributed by atoms with Crippen LogP contribution in [0.3, 0.4) is 0 Å². The normalized spacial score (nSPS) is 10.2. The number of rotatable bonds is 3. The number of H-pyrrole nitrogens is 1. The molecule has 0 aliphatic heterocycles. The summed E-state index contributed by atoms with van der Waals surface area (Å²) in [5.74, 6) is 0.579.